The second-order valence-corrected chi connectivity index (χ2v) is 6.72. The maximum absolute atomic E-state index is 14.1. The van der Waals surface area contributed by atoms with E-state index < -0.39 is 5.82 Å². The Labute approximate surface area is 154 Å². The average molecular weight is 356 g/mol. The van der Waals surface area contributed by atoms with Gasteiger partial charge in [-0.25, -0.2) is 4.39 Å². The molecule has 26 heavy (non-hydrogen) atoms. The van der Waals surface area contributed by atoms with Gasteiger partial charge >= 0.3 is 0 Å². The van der Waals surface area contributed by atoms with E-state index in [9.17, 15) is 9.18 Å². The van der Waals surface area contributed by atoms with E-state index in [1.807, 2.05) is 12.1 Å². The third-order valence-electron chi connectivity index (χ3n) is 4.83. The van der Waals surface area contributed by atoms with Gasteiger partial charge in [0.2, 0.25) is 0 Å². The Hall–Kier alpha value is -2.56. The van der Waals surface area contributed by atoms with Crippen LogP contribution in [0.4, 0.5) is 10.1 Å². The number of ether oxygens (including phenoxy) is 1. The minimum absolute atomic E-state index is 0.0539. The normalized spacial score (nSPS) is 14.2. The van der Waals surface area contributed by atoms with E-state index in [1.165, 1.54) is 49.1 Å². The van der Waals surface area contributed by atoms with Crippen LogP contribution in [0.5, 0.6) is 5.75 Å². The number of piperidine rings is 1. The van der Waals surface area contributed by atoms with Gasteiger partial charge in [-0.3, -0.25) is 4.79 Å². The predicted octanol–water partition coefficient (Wildman–Crippen LogP) is 4.10. The fraction of sp³-hybridized carbons (Fsp3) is 0.381. The molecule has 0 unspecified atom stereocenters. The Kier molecular flexibility index (Phi) is 5.76. The number of nitrogens with zero attached hydrogens (tertiary/aromatic N) is 2. The molecule has 1 saturated heterocycles. The number of anilines is 1. The second kappa shape index (κ2) is 8.21. The number of rotatable bonds is 5. The van der Waals surface area contributed by atoms with Crippen LogP contribution >= 0.6 is 0 Å². The molecule has 1 heterocycles. The van der Waals surface area contributed by atoms with E-state index >= 15 is 0 Å². The van der Waals surface area contributed by atoms with Crippen molar-refractivity contribution >= 4 is 11.6 Å². The highest BCUT2D eigenvalue weighted by Crippen LogP contribution is 2.22. The Balaban J connectivity index is 1.65. The number of amides is 1. The first kappa shape index (κ1) is 18.2. The zero-order valence-corrected chi connectivity index (χ0v) is 15.4. The number of halogens is 1. The highest BCUT2D eigenvalue weighted by Gasteiger charge is 2.17. The molecule has 2 aromatic carbocycles. The first-order valence-corrected chi connectivity index (χ1v) is 9.01. The lowest BCUT2D eigenvalue weighted by atomic mass is 10.1. The van der Waals surface area contributed by atoms with E-state index in [1.54, 1.807) is 13.1 Å². The van der Waals surface area contributed by atoms with Gasteiger partial charge in [-0.15, -0.1) is 0 Å². The molecule has 0 spiro atoms. The number of hydrogen-bond donors (Lipinski definition) is 0. The fourth-order valence-electron chi connectivity index (χ4n) is 3.31. The molecule has 4 nitrogen and oxygen atoms in total. The monoisotopic (exact) mass is 356 g/mol. The smallest absolute Gasteiger partial charge is 0.256 e. The van der Waals surface area contributed by atoms with Crippen LogP contribution in [0.2, 0.25) is 0 Å². The van der Waals surface area contributed by atoms with E-state index in [0.717, 1.165) is 18.7 Å². The molecular formula is C21H25FN2O2. The average Bonchev–Trinajstić information content (AvgIpc) is 2.68. The van der Waals surface area contributed by atoms with Gasteiger partial charge in [-0.1, -0.05) is 12.1 Å². The summed E-state index contributed by atoms with van der Waals surface area (Å²) in [6.45, 7) is 2.65. The summed E-state index contributed by atoms with van der Waals surface area (Å²) in [5.74, 6) is -0.512. The topological polar surface area (TPSA) is 32.8 Å². The molecule has 0 radical (unpaired) electrons. The summed E-state index contributed by atoms with van der Waals surface area (Å²) < 4.78 is 19.1. The van der Waals surface area contributed by atoms with Crippen LogP contribution in [-0.4, -0.2) is 38.1 Å². The van der Waals surface area contributed by atoms with Crippen LogP contribution in [-0.2, 0) is 6.54 Å². The minimum atomic E-state index is -0.568. The first-order valence-electron chi connectivity index (χ1n) is 9.01. The summed E-state index contributed by atoms with van der Waals surface area (Å²) in [5.41, 5.74) is 2.30. The molecule has 138 valence electrons. The molecule has 0 aromatic heterocycles. The van der Waals surface area contributed by atoms with Crippen molar-refractivity contribution in [3.8, 4) is 5.75 Å². The summed E-state index contributed by atoms with van der Waals surface area (Å²) in [5, 5.41) is 0. The Morgan fingerprint density at radius 1 is 1.12 bits per heavy atom. The molecule has 3 rings (SSSR count). The third-order valence-corrected chi connectivity index (χ3v) is 4.83. The number of benzene rings is 2. The third kappa shape index (κ3) is 4.15. The lowest BCUT2D eigenvalue weighted by Gasteiger charge is -2.29. The van der Waals surface area contributed by atoms with Crippen LogP contribution in [0.15, 0.2) is 42.5 Å². The summed E-state index contributed by atoms with van der Waals surface area (Å²) in [4.78, 5) is 16.4. The van der Waals surface area contributed by atoms with Crippen LogP contribution in [0, 0.1) is 5.82 Å². The van der Waals surface area contributed by atoms with Crippen molar-refractivity contribution in [2.45, 2.75) is 25.8 Å². The Bertz CT molecular complexity index is 755. The largest absolute Gasteiger partial charge is 0.497 e. The second-order valence-electron chi connectivity index (χ2n) is 6.72. The zero-order chi connectivity index (χ0) is 18.5. The van der Waals surface area contributed by atoms with Crippen LogP contribution < -0.4 is 9.64 Å². The van der Waals surface area contributed by atoms with Gasteiger partial charge in [0.15, 0.2) is 0 Å². The van der Waals surface area contributed by atoms with Crippen LogP contribution in [0.1, 0.15) is 35.2 Å². The SMILES string of the molecule is COc1ccc(C(=O)N(C)Cc2ccc(N3CCCCC3)cc2)c(F)c1. The maximum atomic E-state index is 14.1. The molecule has 0 aliphatic carbocycles. The van der Waals surface area contributed by atoms with Crippen LogP contribution in [0.3, 0.4) is 0 Å². The summed E-state index contributed by atoms with van der Waals surface area (Å²) in [6.07, 6.45) is 3.79. The standard InChI is InChI=1S/C21H25FN2O2/c1-23(21(25)19-11-10-18(26-2)14-20(19)22)15-16-6-8-17(9-7-16)24-12-4-3-5-13-24/h6-11,14H,3-5,12-13,15H2,1-2H3. The molecule has 0 bridgehead atoms. The van der Waals surface area contributed by atoms with Crippen molar-refractivity contribution in [2.75, 3.05) is 32.1 Å². The van der Waals surface area contributed by atoms with Crippen molar-refractivity contribution in [1.29, 1.82) is 0 Å². The fourth-order valence-corrected chi connectivity index (χ4v) is 3.31. The summed E-state index contributed by atoms with van der Waals surface area (Å²) in [7, 11) is 3.15. The van der Waals surface area contributed by atoms with E-state index in [4.69, 9.17) is 4.74 Å². The maximum Gasteiger partial charge on any atom is 0.256 e. The van der Waals surface area contributed by atoms with Gasteiger partial charge < -0.3 is 14.5 Å². The van der Waals surface area contributed by atoms with Crippen LogP contribution in [0.25, 0.3) is 0 Å². The van der Waals surface area contributed by atoms with Gasteiger partial charge in [0.05, 0.1) is 12.7 Å². The Morgan fingerprint density at radius 3 is 2.42 bits per heavy atom. The lowest BCUT2D eigenvalue weighted by molar-refractivity contribution is 0.0780. The minimum Gasteiger partial charge on any atom is -0.497 e. The number of methoxy groups -OCH3 is 1. The van der Waals surface area contributed by atoms with Gasteiger partial charge in [0, 0.05) is 38.4 Å². The number of carbonyl (C=O) groups excluding carboxylic acids is 1. The molecule has 1 amide bonds. The first-order chi connectivity index (χ1) is 12.6. The molecular weight excluding hydrogens is 331 g/mol. The zero-order valence-electron chi connectivity index (χ0n) is 15.4. The lowest BCUT2D eigenvalue weighted by Crippen LogP contribution is -2.29. The molecule has 0 N–H and O–H groups in total. The Morgan fingerprint density at radius 2 is 1.81 bits per heavy atom. The van der Waals surface area contributed by atoms with E-state index in [2.05, 4.69) is 17.0 Å². The summed E-state index contributed by atoms with van der Waals surface area (Å²) in [6, 6.07) is 12.6. The highest BCUT2D eigenvalue weighted by molar-refractivity contribution is 5.94. The van der Waals surface area contributed by atoms with Crippen molar-refractivity contribution in [1.82, 2.24) is 4.90 Å². The predicted molar refractivity (Wildman–Crippen MR) is 101 cm³/mol. The van der Waals surface area contributed by atoms with Gasteiger partial charge in [-0.2, -0.15) is 0 Å². The number of hydrogen-bond acceptors (Lipinski definition) is 3. The van der Waals surface area contributed by atoms with E-state index in [-0.39, 0.29) is 11.5 Å². The molecule has 1 aliphatic heterocycles. The van der Waals surface area contributed by atoms with Crippen molar-refractivity contribution in [3.05, 3.63) is 59.4 Å². The van der Waals surface area contributed by atoms with E-state index in [0.29, 0.717) is 12.3 Å². The quantitative estimate of drug-likeness (QED) is 0.809. The molecule has 1 fully saturated rings. The molecule has 1 aliphatic rings. The molecule has 2 aromatic rings. The van der Waals surface area contributed by atoms with Crippen molar-refractivity contribution in [2.24, 2.45) is 0 Å². The summed E-state index contributed by atoms with van der Waals surface area (Å²) >= 11 is 0. The number of carbonyl (C=O) groups is 1. The van der Waals surface area contributed by atoms with Crippen molar-refractivity contribution in [3.63, 3.8) is 0 Å². The van der Waals surface area contributed by atoms with Crippen molar-refractivity contribution < 1.29 is 13.9 Å². The van der Waals surface area contributed by atoms with Gasteiger partial charge in [0.25, 0.3) is 5.91 Å². The van der Waals surface area contributed by atoms with Gasteiger partial charge in [0.1, 0.15) is 11.6 Å². The molecule has 0 saturated carbocycles. The van der Waals surface area contributed by atoms with Gasteiger partial charge in [-0.05, 0) is 49.1 Å². The molecule has 5 heteroatoms. The highest BCUT2D eigenvalue weighted by atomic mass is 19.1. The molecule has 0 atom stereocenters.